The smallest absolute Gasteiger partial charge is 0.260 e. The Morgan fingerprint density at radius 1 is 1.17 bits per heavy atom. The molecule has 1 amide bonds. The first-order chi connectivity index (χ1) is 17.0. The molecule has 35 heavy (non-hydrogen) atoms. The zero-order valence-corrected chi connectivity index (χ0v) is 18.2. The summed E-state index contributed by atoms with van der Waals surface area (Å²) in [6, 6.07) is 12.0. The molecule has 170 valence electrons. The van der Waals surface area contributed by atoms with Crippen LogP contribution in [0.5, 0.6) is 5.75 Å². The number of rotatable bonds is 5. The van der Waals surface area contributed by atoms with Crippen molar-refractivity contribution in [3.63, 3.8) is 0 Å². The molecule has 2 aromatic carbocycles. The number of H-pyrrole nitrogens is 1. The number of fused-ring (bicyclic) bond motifs is 1. The number of aryl methyl sites for hydroxylation is 1. The van der Waals surface area contributed by atoms with Crippen LogP contribution in [0.2, 0.25) is 0 Å². The summed E-state index contributed by atoms with van der Waals surface area (Å²) in [6.07, 6.45) is 4.39. The van der Waals surface area contributed by atoms with Crippen LogP contribution in [-0.2, 0) is 0 Å². The monoisotopic (exact) mass is 464 g/mol. The highest BCUT2D eigenvalue weighted by Crippen LogP contribution is 2.40. The first kappa shape index (κ1) is 21.4. The van der Waals surface area contributed by atoms with E-state index in [-0.39, 0.29) is 34.5 Å². The van der Waals surface area contributed by atoms with Gasteiger partial charge in [0.25, 0.3) is 17.5 Å². The molecule has 0 aliphatic carbocycles. The predicted molar refractivity (Wildman–Crippen MR) is 126 cm³/mol. The van der Waals surface area contributed by atoms with E-state index in [1.54, 1.807) is 49.4 Å². The van der Waals surface area contributed by atoms with E-state index in [4.69, 9.17) is 6.57 Å². The molecule has 3 heterocycles. The Balaban J connectivity index is 1.61. The standard InChI is InChI=1S/C23H16N10O2/c1-13-10-18(30-29-13)28-22(35)16-11-14-6-3-4-7-15(14)19(20(16)34)31-32-21-17(24-2)12-27-33(21)23-25-8-5-9-26-23/h3-12,34H,1H3,(H2,28,29,30,35). The molecule has 3 N–H and O–H groups in total. The number of aromatic hydroxyl groups is 1. The lowest BCUT2D eigenvalue weighted by Crippen LogP contribution is -2.12. The fourth-order valence-electron chi connectivity index (χ4n) is 3.41. The number of hydrogen-bond donors (Lipinski definition) is 3. The molecule has 0 saturated carbocycles. The van der Waals surface area contributed by atoms with Crippen molar-refractivity contribution in [2.75, 3.05) is 5.32 Å². The summed E-state index contributed by atoms with van der Waals surface area (Å²) in [5.74, 6) is -0.342. The molecule has 0 bridgehead atoms. The van der Waals surface area contributed by atoms with E-state index in [2.05, 4.69) is 45.7 Å². The van der Waals surface area contributed by atoms with Crippen molar-refractivity contribution in [3.05, 3.63) is 83.7 Å². The predicted octanol–water partition coefficient (Wildman–Crippen LogP) is 4.77. The van der Waals surface area contributed by atoms with Crippen LogP contribution in [0.15, 0.2) is 71.3 Å². The van der Waals surface area contributed by atoms with Crippen LogP contribution < -0.4 is 5.32 Å². The van der Waals surface area contributed by atoms with Crippen molar-refractivity contribution in [2.24, 2.45) is 10.2 Å². The second-order valence-electron chi connectivity index (χ2n) is 7.36. The number of carbonyl (C=O) groups excluding carboxylic acids is 1. The molecular formula is C23H16N10O2. The highest BCUT2D eigenvalue weighted by atomic mass is 16.3. The third-order valence-electron chi connectivity index (χ3n) is 5.02. The molecule has 0 atom stereocenters. The van der Waals surface area contributed by atoms with Crippen LogP contribution in [0.4, 0.5) is 23.0 Å². The molecule has 0 spiro atoms. The molecule has 5 rings (SSSR count). The summed E-state index contributed by atoms with van der Waals surface area (Å²) < 4.78 is 1.27. The van der Waals surface area contributed by atoms with Gasteiger partial charge in [-0.25, -0.2) is 14.8 Å². The van der Waals surface area contributed by atoms with Gasteiger partial charge in [0.1, 0.15) is 5.69 Å². The summed E-state index contributed by atoms with van der Waals surface area (Å²) in [5.41, 5.74) is 0.938. The van der Waals surface area contributed by atoms with Crippen molar-refractivity contribution >= 4 is 39.7 Å². The van der Waals surface area contributed by atoms with Gasteiger partial charge in [0.2, 0.25) is 0 Å². The third kappa shape index (κ3) is 4.05. The van der Waals surface area contributed by atoms with Crippen LogP contribution in [-0.4, -0.2) is 41.0 Å². The molecule has 12 heteroatoms. The quantitative estimate of drug-likeness (QED) is 0.252. The molecule has 0 radical (unpaired) electrons. The zero-order chi connectivity index (χ0) is 24.4. The van der Waals surface area contributed by atoms with Gasteiger partial charge in [-0.05, 0) is 24.4 Å². The number of azo groups is 1. The lowest BCUT2D eigenvalue weighted by Gasteiger charge is -2.10. The molecule has 0 saturated heterocycles. The van der Waals surface area contributed by atoms with E-state index in [1.807, 2.05) is 0 Å². The van der Waals surface area contributed by atoms with Crippen molar-refractivity contribution < 1.29 is 9.90 Å². The van der Waals surface area contributed by atoms with Gasteiger partial charge in [0, 0.05) is 29.5 Å². The van der Waals surface area contributed by atoms with Gasteiger partial charge < -0.3 is 10.4 Å². The Labute approximate surface area is 197 Å². The first-order valence-corrected chi connectivity index (χ1v) is 10.3. The maximum Gasteiger partial charge on any atom is 0.260 e. The van der Waals surface area contributed by atoms with E-state index < -0.39 is 5.91 Å². The first-order valence-electron chi connectivity index (χ1n) is 10.3. The minimum absolute atomic E-state index is 0.0106. The minimum atomic E-state index is -0.569. The van der Waals surface area contributed by atoms with Crippen LogP contribution in [0.25, 0.3) is 21.6 Å². The average molecular weight is 464 g/mol. The molecule has 0 aliphatic heterocycles. The summed E-state index contributed by atoms with van der Waals surface area (Å²) in [6.45, 7) is 9.24. The van der Waals surface area contributed by atoms with Gasteiger partial charge in [-0.15, -0.1) is 10.2 Å². The molecule has 5 aromatic rings. The molecule has 12 nitrogen and oxygen atoms in total. The molecule has 3 aromatic heterocycles. The van der Waals surface area contributed by atoms with Gasteiger partial charge in [-0.1, -0.05) is 24.3 Å². The lowest BCUT2D eigenvalue weighted by molar-refractivity contribution is 0.102. The van der Waals surface area contributed by atoms with E-state index in [0.717, 1.165) is 5.69 Å². The van der Waals surface area contributed by atoms with Crippen LogP contribution >= 0.6 is 0 Å². The van der Waals surface area contributed by atoms with E-state index in [0.29, 0.717) is 16.6 Å². The van der Waals surface area contributed by atoms with Crippen LogP contribution in [0, 0.1) is 13.5 Å². The largest absolute Gasteiger partial charge is 0.505 e. The summed E-state index contributed by atoms with van der Waals surface area (Å²) in [7, 11) is 0. The number of phenols is 1. The second-order valence-corrected chi connectivity index (χ2v) is 7.36. The Bertz CT molecular complexity index is 1630. The number of hydrogen-bond acceptors (Lipinski definition) is 8. The van der Waals surface area contributed by atoms with Gasteiger partial charge in [0.15, 0.2) is 17.4 Å². The fourth-order valence-corrected chi connectivity index (χ4v) is 3.41. The zero-order valence-electron chi connectivity index (χ0n) is 18.2. The normalized spacial score (nSPS) is 11.1. The number of aromatic amines is 1. The highest BCUT2D eigenvalue weighted by molar-refractivity contribution is 6.11. The van der Waals surface area contributed by atoms with Gasteiger partial charge in [-0.3, -0.25) is 9.89 Å². The van der Waals surface area contributed by atoms with Crippen molar-refractivity contribution in [1.82, 2.24) is 29.9 Å². The Kier molecular flexibility index (Phi) is 5.40. The van der Waals surface area contributed by atoms with E-state index >= 15 is 0 Å². The number of anilines is 1. The maximum absolute atomic E-state index is 12.9. The van der Waals surface area contributed by atoms with Gasteiger partial charge in [0.05, 0.1) is 18.3 Å². The Hall–Kier alpha value is -5.44. The topological polar surface area (TPSA) is 151 Å². The summed E-state index contributed by atoms with van der Waals surface area (Å²) in [5, 5.41) is 34.2. The fraction of sp³-hybridized carbons (Fsp3) is 0.0435. The minimum Gasteiger partial charge on any atom is -0.505 e. The number of carbonyl (C=O) groups is 1. The third-order valence-corrected chi connectivity index (χ3v) is 5.02. The van der Waals surface area contributed by atoms with E-state index in [9.17, 15) is 9.90 Å². The van der Waals surface area contributed by atoms with Crippen LogP contribution in [0.1, 0.15) is 16.1 Å². The van der Waals surface area contributed by atoms with Gasteiger partial charge in [-0.2, -0.15) is 14.9 Å². The number of aromatic nitrogens is 6. The second kappa shape index (κ2) is 8.83. The van der Waals surface area contributed by atoms with Gasteiger partial charge >= 0.3 is 0 Å². The average Bonchev–Trinajstić information content (AvgIpc) is 3.48. The van der Waals surface area contributed by atoms with E-state index in [1.165, 1.54) is 23.3 Å². The Morgan fingerprint density at radius 3 is 2.71 bits per heavy atom. The number of benzene rings is 2. The summed E-state index contributed by atoms with van der Waals surface area (Å²) in [4.78, 5) is 24.6. The number of phenolic OH excluding ortho intramolecular Hbond substituents is 1. The number of nitrogens with zero attached hydrogens (tertiary/aromatic N) is 8. The molecule has 0 aliphatic rings. The van der Waals surface area contributed by atoms with Crippen molar-refractivity contribution in [2.45, 2.75) is 6.92 Å². The van der Waals surface area contributed by atoms with Crippen molar-refractivity contribution in [3.8, 4) is 11.7 Å². The van der Waals surface area contributed by atoms with Crippen LogP contribution in [0.3, 0.4) is 0 Å². The maximum atomic E-state index is 12.9. The molecule has 0 fully saturated rings. The number of amides is 1. The highest BCUT2D eigenvalue weighted by Gasteiger charge is 2.20. The Morgan fingerprint density at radius 2 is 1.97 bits per heavy atom. The molecular weight excluding hydrogens is 448 g/mol. The summed E-state index contributed by atoms with van der Waals surface area (Å²) >= 11 is 0. The van der Waals surface area contributed by atoms with Crippen molar-refractivity contribution in [1.29, 1.82) is 0 Å². The SMILES string of the molecule is [C-]#[N+]c1cnn(-c2ncccn2)c1N=Nc1c(O)c(C(=O)Nc2cc(C)[nH]n2)cc2ccccc12. The number of nitrogens with one attached hydrogen (secondary N) is 2. The molecule has 0 unspecified atom stereocenters. The lowest BCUT2D eigenvalue weighted by atomic mass is 10.0.